The van der Waals surface area contributed by atoms with Gasteiger partial charge in [-0.3, -0.25) is 4.57 Å². The number of para-hydroxylation sites is 1. The third-order valence-corrected chi connectivity index (χ3v) is 6.80. The minimum Gasteiger partial charge on any atom is -0.494 e. The van der Waals surface area contributed by atoms with E-state index in [0.717, 1.165) is 6.26 Å². The van der Waals surface area contributed by atoms with Crippen molar-refractivity contribution < 1.29 is 17.5 Å². The van der Waals surface area contributed by atoms with E-state index in [0.29, 0.717) is 45.1 Å². The predicted molar refractivity (Wildman–Crippen MR) is 120 cm³/mol. The molecule has 0 radical (unpaired) electrons. The van der Waals surface area contributed by atoms with Gasteiger partial charge in [-0.15, -0.1) is 10.2 Å². The van der Waals surface area contributed by atoms with Crippen LogP contribution < -0.4 is 10.1 Å². The summed E-state index contributed by atoms with van der Waals surface area (Å²) >= 11 is 0. The standard InChI is InChI=1S/C22H22FN5O3S/c1-12-25-26-21-22(2,3)24-18-16(23)10-14(20(31-4)19(18)28(12)21)15-11-27(32(5,29)30)17-9-7-6-8-13(15)17/h6-11,24H,1-5H3. The van der Waals surface area contributed by atoms with Crippen molar-refractivity contribution in [1.82, 2.24) is 18.7 Å². The number of nitrogens with one attached hydrogen (secondary N) is 1. The molecule has 10 heteroatoms. The van der Waals surface area contributed by atoms with Crippen molar-refractivity contribution in [2.75, 3.05) is 18.7 Å². The van der Waals surface area contributed by atoms with E-state index in [4.69, 9.17) is 4.74 Å². The summed E-state index contributed by atoms with van der Waals surface area (Å²) in [5.74, 6) is 1.11. The van der Waals surface area contributed by atoms with Crippen LogP contribution in [0.3, 0.4) is 0 Å². The van der Waals surface area contributed by atoms with Crippen molar-refractivity contribution >= 4 is 26.6 Å². The van der Waals surface area contributed by atoms with E-state index in [1.54, 1.807) is 29.7 Å². The highest BCUT2D eigenvalue weighted by atomic mass is 32.2. The van der Waals surface area contributed by atoms with E-state index in [1.165, 1.54) is 23.3 Å². The zero-order chi connectivity index (χ0) is 23.0. The number of anilines is 1. The number of aromatic nitrogens is 4. The van der Waals surface area contributed by atoms with Crippen molar-refractivity contribution in [2.45, 2.75) is 26.3 Å². The smallest absolute Gasteiger partial charge is 0.236 e. The second-order valence-corrected chi connectivity index (χ2v) is 10.3. The molecule has 4 aromatic rings. The van der Waals surface area contributed by atoms with E-state index in [2.05, 4.69) is 15.5 Å². The molecule has 5 rings (SSSR count). The molecule has 1 aliphatic heterocycles. The van der Waals surface area contributed by atoms with Gasteiger partial charge in [0, 0.05) is 22.7 Å². The van der Waals surface area contributed by atoms with E-state index < -0.39 is 21.4 Å². The quantitative estimate of drug-likeness (QED) is 0.505. The average Bonchev–Trinajstić information content (AvgIpc) is 3.30. The first-order chi connectivity index (χ1) is 15.0. The van der Waals surface area contributed by atoms with E-state index in [9.17, 15) is 8.42 Å². The molecule has 166 valence electrons. The molecule has 2 aromatic heterocycles. The molecule has 2 aromatic carbocycles. The predicted octanol–water partition coefficient (Wildman–Crippen LogP) is 3.81. The highest BCUT2D eigenvalue weighted by Crippen LogP contribution is 2.48. The van der Waals surface area contributed by atoms with Crippen LogP contribution in [0.4, 0.5) is 10.1 Å². The average molecular weight is 456 g/mol. The molecule has 1 N–H and O–H groups in total. The largest absolute Gasteiger partial charge is 0.494 e. The summed E-state index contributed by atoms with van der Waals surface area (Å²) in [5.41, 5.74) is 1.55. The molecular weight excluding hydrogens is 433 g/mol. The minimum absolute atomic E-state index is 0.276. The Hall–Kier alpha value is -3.40. The summed E-state index contributed by atoms with van der Waals surface area (Å²) in [7, 11) is -2.08. The lowest BCUT2D eigenvalue weighted by Crippen LogP contribution is -2.36. The van der Waals surface area contributed by atoms with Crippen LogP contribution in [0.15, 0.2) is 36.5 Å². The summed E-state index contributed by atoms with van der Waals surface area (Å²) in [4.78, 5) is 0. The molecule has 0 aliphatic carbocycles. The number of methoxy groups -OCH3 is 1. The summed E-state index contributed by atoms with van der Waals surface area (Å²) in [6.07, 6.45) is 2.64. The van der Waals surface area contributed by atoms with Gasteiger partial charge in [0.05, 0.1) is 30.1 Å². The van der Waals surface area contributed by atoms with E-state index in [-0.39, 0.29) is 5.69 Å². The van der Waals surface area contributed by atoms with Crippen LogP contribution in [0.2, 0.25) is 0 Å². The first kappa shape index (κ1) is 20.5. The number of nitrogens with zero attached hydrogens (tertiary/aromatic N) is 4. The molecule has 0 amide bonds. The normalized spacial score (nSPS) is 14.7. The Kier molecular flexibility index (Phi) is 4.20. The lowest BCUT2D eigenvalue weighted by molar-refractivity contribution is 0.409. The number of halogens is 1. The first-order valence-electron chi connectivity index (χ1n) is 9.97. The van der Waals surface area contributed by atoms with Gasteiger partial charge in [0.2, 0.25) is 10.0 Å². The molecule has 8 nitrogen and oxygen atoms in total. The Labute approximate surface area is 184 Å². The van der Waals surface area contributed by atoms with Crippen LogP contribution in [0.5, 0.6) is 5.75 Å². The van der Waals surface area contributed by atoms with Crippen molar-refractivity contribution in [3.05, 3.63) is 54.0 Å². The van der Waals surface area contributed by atoms with Crippen molar-refractivity contribution in [3.63, 3.8) is 0 Å². The first-order valence-corrected chi connectivity index (χ1v) is 11.8. The maximum absolute atomic E-state index is 15.6. The summed E-state index contributed by atoms with van der Waals surface area (Å²) < 4.78 is 49.2. The van der Waals surface area contributed by atoms with Crippen molar-refractivity contribution in [2.24, 2.45) is 0 Å². The Morgan fingerprint density at radius 1 is 1.16 bits per heavy atom. The third kappa shape index (κ3) is 2.75. The number of fused-ring (bicyclic) bond motifs is 4. The molecule has 0 unspecified atom stereocenters. The van der Waals surface area contributed by atoms with Crippen molar-refractivity contribution in [1.29, 1.82) is 0 Å². The monoisotopic (exact) mass is 455 g/mol. The zero-order valence-corrected chi connectivity index (χ0v) is 19.1. The molecule has 32 heavy (non-hydrogen) atoms. The molecule has 0 bridgehead atoms. The summed E-state index contributed by atoms with van der Waals surface area (Å²) in [5, 5.41) is 12.4. The number of ether oxygens (including phenoxy) is 1. The number of benzene rings is 2. The number of hydrogen-bond donors (Lipinski definition) is 1. The maximum Gasteiger partial charge on any atom is 0.236 e. The lowest BCUT2D eigenvalue weighted by atomic mass is 9.96. The lowest BCUT2D eigenvalue weighted by Gasteiger charge is -2.35. The molecule has 0 spiro atoms. The number of aryl methyl sites for hydroxylation is 1. The van der Waals surface area contributed by atoms with Gasteiger partial charge in [0.1, 0.15) is 17.3 Å². The Bertz CT molecular complexity index is 1520. The minimum atomic E-state index is -3.58. The van der Waals surface area contributed by atoms with Crippen molar-refractivity contribution in [3.8, 4) is 22.6 Å². The topological polar surface area (TPSA) is 91.0 Å². The number of rotatable bonds is 3. The highest BCUT2D eigenvalue weighted by Gasteiger charge is 2.38. The van der Waals surface area contributed by atoms with E-state index >= 15 is 4.39 Å². The van der Waals surface area contributed by atoms with Crippen LogP contribution in [-0.2, 0) is 15.6 Å². The van der Waals surface area contributed by atoms with Gasteiger partial charge >= 0.3 is 0 Å². The van der Waals surface area contributed by atoms with Crippen LogP contribution in [0, 0.1) is 12.7 Å². The summed E-state index contributed by atoms with van der Waals surface area (Å²) in [6.45, 7) is 5.59. The molecule has 0 atom stereocenters. The Morgan fingerprint density at radius 3 is 2.56 bits per heavy atom. The zero-order valence-electron chi connectivity index (χ0n) is 18.3. The molecule has 0 fully saturated rings. The molecule has 0 saturated heterocycles. The third-order valence-electron chi connectivity index (χ3n) is 5.78. The maximum atomic E-state index is 15.6. The Balaban J connectivity index is 1.90. The van der Waals surface area contributed by atoms with E-state index in [1.807, 2.05) is 19.9 Å². The fourth-order valence-electron chi connectivity index (χ4n) is 4.40. The van der Waals surface area contributed by atoms with Gasteiger partial charge < -0.3 is 10.1 Å². The Morgan fingerprint density at radius 2 is 1.88 bits per heavy atom. The molecule has 3 heterocycles. The van der Waals surface area contributed by atoms with Gasteiger partial charge in [-0.1, -0.05) is 18.2 Å². The second-order valence-electron chi connectivity index (χ2n) is 8.44. The highest BCUT2D eigenvalue weighted by molar-refractivity contribution is 7.89. The van der Waals surface area contributed by atoms with Crippen LogP contribution >= 0.6 is 0 Å². The number of hydrogen-bond acceptors (Lipinski definition) is 6. The van der Waals surface area contributed by atoms with Gasteiger partial charge in [-0.05, 0) is 32.9 Å². The second kappa shape index (κ2) is 6.55. The SMILES string of the molecule is COc1c(-c2cn(S(C)(=O)=O)c3ccccc23)cc(F)c2c1-n1c(C)nnc1C(C)(C)N2. The molecular formula is C22H22FN5O3S. The van der Waals surface area contributed by atoms with Gasteiger partial charge in [-0.25, -0.2) is 16.8 Å². The summed E-state index contributed by atoms with van der Waals surface area (Å²) in [6, 6.07) is 8.47. The van der Waals surface area contributed by atoms with Gasteiger partial charge in [-0.2, -0.15) is 0 Å². The van der Waals surface area contributed by atoms with Crippen LogP contribution in [-0.4, -0.2) is 40.5 Å². The molecule has 1 aliphatic rings. The molecule has 0 saturated carbocycles. The fourth-order valence-corrected chi connectivity index (χ4v) is 5.21. The fraction of sp³-hybridized carbons (Fsp3) is 0.273. The van der Waals surface area contributed by atoms with Crippen LogP contribution in [0.25, 0.3) is 27.7 Å². The van der Waals surface area contributed by atoms with Crippen LogP contribution in [0.1, 0.15) is 25.5 Å². The van der Waals surface area contributed by atoms with Gasteiger partial charge in [0.25, 0.3) is 0 Å². The van der Waals surface area contributed by atoms with Gasteiger partial charge in [0.15, 0.2) is 11.6 Å².